The van der Waals surface area contributed by atoms with Gasteiger partial charge in [0.25, 0.3) is 5.91 Å². The molecule has 0 unspecified atom stereocenters. The molecule has 0 aliphatic rings. The maximum absolute atomic E-state index is 13.6. The average molecular weight is 326 g/mol. The van der Waals surface area contributed by atoms with E-state index >= 15 is 0 Å². The van der Waals surface area contributed by atoms with Gasteiger partial charge in [-0.25, -0.2) is 8.78 Å². The van der Waals surface area contributed by atoms with Crippen LogP contribution >= 0.6 is 15.9 Å². The van der Waals surface area contributed by atoms with Crippen molar-refractivity contribution in [2.75, 3.05) is 5.32 Å². The predicted molar refractivity (Wildman–Crippen MR) is 73.2 cm³/mol. The van der Waals surface area contributed by atoms with E-state index in [1.165, 1.54) is 0 Å². The molecule has 0 radical (unpaired) electrons. The third kappa shape index (κ3) is 3.17. The number of halogens is 3. The van der Waals surface area contributed by atoms with Gasteiger partial charge >= 0.3 is 0 Å². The summed E-state index contributed by atoms with van der Waals surface area (Å²) in [6.07, 6.45) is 0. The number of nitrogens with one attached hydrogen (secondary N) is 1. The Bertz CT molecular complexity index is 603. The maximum Gasteiger partial charge on any atom is 0.261 e. The Morgan fingerprint density at radius 1 is 1.11 bits per heavy atom. The minimum absolute atomic E-state index is 0.245. The second kappa shape index (κ2) is 5.48. The largest absolute Gasteiger partial charge is 0.322 e. The standard InChI is InChI=1S/C14H10BrF2NO/c1-8-2-4-10(5-3-8)18-14(19)13-11(16)6-9(15)7-12(13)17/h2-7H,1H3,(H,18,19). The summed E-state index contributed by atoms with van der Waals surface area (Å²) in [4.78, 5) is 11.8. The molecule has 1 amide bonds. The number of amides is 1. The van der Waals surface area contributed by atoms with Crippen LogP contribution in [-0.4, -0.2) is 5.91 Å². The van der Waals surface area contributed by atoms with E-state index in [0.29, 0.717) is 5.69 Å². The Kier molecular flexibility index (Phi) is 3.95. The SMILES string of the molecule is Cc1ccc(NC(=O)c2c(F)cc(Br)cc2F)cc1. The lowest BCUT2D eigenvalue weighted by atomic mass is 10.1. The molecule has 0 saturated heterocycles. The van der Waals surface area contributed by atoms with Crippen molar-refractivity contribution in [3.05, 3.63) is 63.6 Å². The van der Waals surface area contributed by atoms with Crippen molar-refractivity contribution in [2.45, 2.75) is 6.92 Å². The molecule has 0 saturated carbocycles. The van der Waals surface area contributed by atoms with Crippen molar-refractivity contribution in [3.8, 4) is 0 Å². The number of benzene rings is 2. The van der Waals surface area contributed by atoms with Crippen molar-refractivity contribution in [2.24, 2.45) is 0 Å². The van der Waals surface area contributed by atoms with Gasteiger partial charge in [-0.05, 0) is 31.2 Å². The monoisotopic (exact) mass is 325 g/mol. The van der Waals surface area contributed by atoms with Crippen LogP contribution in [0.25, 0.3) is 0 Å². The number of hydrogen-bond donors (Lipinski definition) is 1. The topological polar surface area (TPSA) is 29.1 Å². The summed E-state index contributed by atoms with van der Waals surface area (Å²) in [5, 5.41) is 2.45. The summed E-state index contributed by atoms with van der Waals surface area (Å²) in [5.74, 6) is -2.63. The Hall–Kier alpha value is -1.75. The molecule has 0 aliphatic carbocycles. The molecule has 0 spiro atoms. The number of aryl methyl sites for hydroxylation is 1. The van der Waals surface area contributed by atoms with Crippen LogP contribution in [0.5, 0.6) is 0 Å². The van der Waals surface area contributed by atoms with Gasteiger partial charge in [0.15, 0.2) is 0 Å². The molecule has 1 N–H and O–H groups in total. The first-order valence-corrected chi connectivity index (χ1v) is 6.29. The van der Waals surface area contributed by atoms with Gasteiger partial charge in [0.05, 0.1) is 0 Å². The molecule has 98 valence electrons. The van der Waals surface area contributed by atoms with Crippen molar-refractivity contribution >= 4 is 27.5 Å². The quantitative estimate of drug-likeness (QED) is 0.876. The number of hydrogen-bond acceptors (Lipinski definition) is 1. The summed E-state index contributed by atoms with van der Waals surface area (Å²) >= 11 is 2.96. The molecule has 2 aromatic rings. The number of rotatable bonds is 2. The fourth-order valence-corrected chi connectivity index (χ4v) is 1.99. The van der Waals surface area contributed by atoms with Gasteiger partial charge in [-0.3, -0.25) is 4.79 Å². The molecule has 19 heavy (non-hydrogen) atoms. The molecule has 5 heteroatoms. The van der Waals surface area contributed by atoms with E-state index in [1.807, 2.05) is 6.92 Å². The fraction of sp³-hybridized carbons (Fsp3) is 0.0714. The van der Waals surface area contributed by atoms with Crippen LogP contribution in [0.4, 0.5) is 14.5 Å². The van der Waals surface area contributed by atoms with Crippen LogP contribution in [-0.2, 0) is 0 Å². The highest BCUT2D eigenvalue weighted by molar-refractivity contribution is 9.10. The summed E-state index contributed by atoms with van der Waals surface area (Å²) in [6, 6.07) is 9.03. The number of carbonyl (C=O) groups is 1. The molecule has 0 aliphatic heterocycles. The second-order valence-corrected chi connectivity index (χ2v) is 4.98. The van der Waals surface area contributed by atoms with Crippen LogP contribution < -0.4 is 5.32 Å². The van der Waals surface area contributed by atoms with E-state index in [2.05, 4.69) is 21.2 Å². The van der Waals surface area contributed by atoms with E-state index in [9.17, 15) is 13.6 Å². The zero-order valence-electron chi connectivity index (χ0n) is 10.0. The molecule has 2 aromatic carbocycles. The summed E-state index contributed by atoms with van der Waals surface area (Å²) in [6.45, 7) is 1.90. The molecule has 2 nitrogen and oxygen atoms in total. The lowest BCUT2D eigenvalue weighted by Crippen LogP contribution is -2.15. The Labute approximate surface area is 117 Å². The molecular weight excluding hydrogens is 316 g/mol. The van der Waals surface area contributed by atoms with E-state index in [1.54, 1.807) is 24.3 Å². The first kappa shape index (κ1) is 13.7. The first-order chi connectivity index (χ1) is 8.97. The normalized spacial score (nSPS) is 10.3. The highest BCUT2D eigenvalue weighted by Crippen LogP contribution is 2.20. The van der Waals surface area contributed by atoms with E-state index in [-0.39, 0.29) is 4.47 Å². The van der Waals surface area contributed by atoms with Crippen molar-refractivity contribution < 1.29 is 13.6 Å². The lowest BCUT2D eigenvalue weighted by molar-refractivity contribution is 0.101. The van der Waals surface area contributed by atoms with Gasteiger partial charge in [0.1, 0.15) is 17.2 Å². The fourth-order valence-electron chi connectivity index (χ4n) is 1.59. The summed E-state index contributed by atoms with van der Waals surface area (Å²) in [5.41, 5.74) is 0.917. The predicted octanol–water partition coefficient (Wildman–Crippen LogP) is 4.29. The summed E-state index contributed by atoms with van der Waals surface area (Å²) < 4.78 is 27.4. The van der Waals surface area contributed by atoms with Gasteiger partial charge in [0.2, 0.25) is 0 Å². The van der Waals surface area contributed by atoms with Gasteiger partial charge in [0, 0.05) is 10.2 Å². The van der Waals surface area contributed by atoms with E-state index in [4.69, 9.17) is 0 Å². The molecule has 0 fully saturated rings. The number of carbonyl (C=O) groups excluding carboxylic acids is 1. The van der Waals surface area contributed by atoms with Gasteiger partial charge in [-0.2, -0.15) is 0 Å². The molecule has 0 heterocycles. The second-order valence-electron chi connectivity index (χ2n) is 4.06. The molecule has 0 aromatic heterocycles. The highest BCUT2D eigenvalue weighted by Gasteiger charge is 2.18. The smallest absolute Gasteiger partial charge is 0.261 e. The molecule has 0 atom stereocenters. The van der Waals surface area contributed by atoms with Crippen LogP contribution in [0.1, 0.15) is 15.9 Å². The maximum atomic E-state index is 13.6. The average Bonchev–Trinajstić information content (AvgIpc) is 2.30. The molecule has 0 bridgehead atoms. The Balaban J connectivity index is 2.28. The highest BCUT2D eigenvalue weighted by atomic mass is 79.9. The van der Waals surface area contributed by atoms with Crippen LogP contribution in [0.15, 0.2) is 40.9 Å². The van der Waals surface area contributed by atoms with Crippen LogP contribution in [0.3, 0.4) is 0 Å². The van der Waals surface area contributed by atoms with Gasteiger partial charge < -0.3 is 5.32 Å². The van der Waals surface area contributed by atoms with Crippen molar-refractivity contribution in [3.63, 3.8) is 0 Å². The Morgan fingerprint density at radius 2 is 1.63 bits per heavy atom. The van der Waals surface area contributed by atoms with E-state index in [0.717, 1.165) is 17.7 Å². The third-order valence-corrected chi connectivity index (χ3v) is 3.00. The first-order valence-electron chi connectivity index (χ1n) is 5.50. The third-order valence-electron chi connectivity index (χ3n) is 2.54. The Morgan fingerprint density at radius 3 is 2.16 bits per heavy atom. The van der Waals surface area contributed by atoms with Crippen molar-refractivity contribution in [1.82, 2.24) is 0 Å². The van der Waals surface area contributed by atoms with Crippen molar-refractivity contribution in [1.29, 1.82) is 0 Å². The molecule has 2 rings (SSSR count). The van der Waals surface area contributed by atoms with Crippen LogP contribution in [0.2, 0.25) is 0 Å². The minimum atomic E-state index is -0.906. The van der Waals surface area contributed by atoms with Crippen LogP contribution in [0, 0.1) is 18.6 Å². The zero-order chi connectivity index (χ0) is 14.0. The minimum Gasteiger partial charge on any atom is -0.322 e. The van der Waals surface area contributed by atoms with Gasteiger partial charge in [-0.1, -0.05) is 33.6 Å². The molecular formula is C14H10BrF2NO. The zero-order valence-corrected chi connectivity index (χ0v) is 11.6. The summed E-state index contributed by atoms with van der Waals surface area (Å²) in [7, 11) is 0. The number of anilines is 1. The lowest BCUT2D eigenvalue weighted by Gasteiger charge is -2.08. The van der Waals surface area contributed by atoms with Gasteiger partial charge in [-0.15, -0.1) is 0 Å². The van der Waals surface area contributed by atoms with E-state index < -0.39 is 23.1 Å².